The van der Waals surface area contributed by atoms with Gasteiger partial charge in [-0.05, 0) is 24.1 Å². The van der Waals surface area contributed by atoms with E-state index in [1.165, 1.54) is 12.3 Å². The van der Waals surface area contributed by atoms with Gasteiger partial charge in [0.2, 0.25) is 11.9 Å². The number of halogens is 1. The Morgan fingerprint density at radius 3 is 3.00 bits per heavy atom. The molecule has 1 aromatic rings. The monoisotopic (exact) mass is 194 g/mol. The Kier molecular flexibility index (Phi) is 3.34. The summed E-state index contributed by atoms with van der Waals surface area (Å²) in [4.78, 5) is 13.9. The number of hydrogen-bond donors (Lipinski definition) is 1. The summed E-state index contributed by atoms with van der Waals surface area (Å²) < 4.78 is 12.6. The summed E-state index contributed by atoms with van der Waals surface area (Å²) in [5, 5.41) is 0. The van der Waals surface area contributed by atoms with Crippen LogP contribution in [-0.2, 0) is 4.79 Å². The number of amides is 1. The van der Waals surface area contributed by atoms with Crippen LogP contribution in [0.3, 0.4) is 0 Å². The Morgan fingerprint density at radius 1 is 1.71 bits per heavy atom. The van der Waals surface area contributed by atoms with Gasteiger partial charge < -0.3 is 5.73 Å². The van der Waals surface area contributed by atoms with Crippen LogP contribution >= 0.6 is 0 Å². The molecule has 0 aliphatic rings. The molecule has 0 spiro atoms. The molecule has 0 bridgehead atoms. The van der Waals surface area contributed by atoms with Crippen molar-refractivity contribution >= 4 is 12.0 Å². The number of pyridine rings is 1. The summed E-state index contributed by atoms with van der Waals surface area (Å²) in [6.07, 6.45) is 4.93. The van der Waals surface area contributed by atoms with Crippen LogP contribution in [0.4, 0.5) is 4.39 Å². The average Bonchev–Trinajstić information content (AvgIpc) is 2.08. The third-order valence-corrected chi connectivity index (χ3v) is 1.73. The zero-order valence-electron chi connectivity index (χ0n) is 7.83. The van der Waals surface area contributed by atoms with Gasteiger partial charge in [-0.15, -0.1) is 0 Å². The molecule has 1 aromatic heterocycles. The van der Waals surface area contributed by atoms with Crippen LogP contribution in [0.2, 0.25) is 0 Å². The summed E-state index contributed by atoms with van der Waals surface area (Å²) in [6, 6.07) is 1.34. The summed E-state index contributed by atoms with van der Waals surface area (Å²) >= 11 is 0. The minimum Gasteiger partial charge on any atom is -0.369 e. The Bertz CT molecular complexity index is 374. The molecule has 0 saturated heterocycles. The van der Waals surface area contributed by atoms with Crippen LogP contribution in [0.15, 0.2) is 18.3 Å². The standard InChI is InChI=1S/C10H11FN2O/c1-7-5-9(11)13-6-8(7)3-2-4-10(12)14/h2-3,5-6H,4H2,1H3,(H2,12,14). The van der Waals surface area contributed by atoms with Gasteiger partial charge in [0.05, 0.1) is 0 Å². The highest BCUT2D eigenvalue weighted by molar-refractivity contribution is 5.76. The highest BCUT2D eigenvalue weighted by atomic mass is 19.1. The molecule has 0 aromatic carbocycles. The maximum absolute atomic E-state index is 12.6. The first-order valence-electron chi connectivity index (χ1n) is 4.16. The number of hydrogen-bond acceptors (Lipinski definition) is 2. The van der Waals surface area contributed by atoms with E-state index in [0.29, 0.717) is 0 Å². The lowest BCUT2D eigenvalue weighted by Crippen LogP contribution is -2.07. The SMILES string of the molecule is Cc1cc(F)ncc1C=CCC(N)=O. The molecule has 0 aliphatic carbocycles. The first-order chi connectivity index (χ1) is 6.59. The van der Waals surface area contributed by atoms with Crippen molar-refractivity contribution < 1.29 is 9.18 Å². The molecule has 0 fully saturated rings. The van der Waals surface area contributed by atoms with Gasteiger partial charge in [-0.2, -0.15) is 4.39 Å². The zero-order valence-corrected chi connectivity index (χ0v) is 7.83. The molecular weight excluding hydrogens is 183 g/mol. The van der Waals surface area contributed by atoms with E-state index in [2.05, 4.69) is 4.98 Å². The largest absolute Gasteiger partial charge is 0.369 e. The fourth-order valence-corrected chi connectivity index (χ4v) is 1.01. The molecule has 0 saturated carbocycles. The van der Waals surface area contributed by atoms with E-state index in [4.69, 9.17) is 5.73 Å². The molecule has 0 unspecified atom stereocenters. The van der Waals surface area contributed by atoms with Gasteiger partial charge in [0.1, 0.15) is 0 Å². The number of nitrogens with two attached hydrogens (primary N) is 1. The van der Waals surface area contributed by atoms with Gasteiger partial charge >= 0.3 is 0 Å². The lowest BCUT2D eigenvalue weighted by molar-refractivity contribution is -0.117. The Morgan fingerprint density at radius 2 is 2.43 bits per heavy atom. The molecule has 74 valence electrons. The molecule has 0 atom stereocenters. The Labute approximate surface area is 81.5 Å². The number of carbonyl (C=O) groups is 1. The van der Waals surface area contributed by atoms with Crippen molar-refractivity contribution in [3.05, 3.63) is 35.4 Å². The van der Waals surface area contributed by atoms with E-state index in [1.807, 2.05) is 0 Å². The smallest absolute Gasteiger partial charge is 0.221 e. The van der Waals surface area contributed by atoms with Gasteiger partial charge in [0.25, 0.3) is 0 Å². The number of aryl methyl sites for hydroxylation is 1. The van der Waals surface area contributed by atoms with Crippen molar-refractivity contribution in [2.75, 3.05) is 0 Å². The van der Waals surface area contributed by atoms with Crippen molar-refractivity contribution in [2.45, 2.75) is 13.3 Å². The molecule has 3 nitrogen and oxygen atoms in total. The molecule has 1 amide bonds. The van der Waals surface area contributed by atoms with Crippen LogP contribution in [0.5, 0.6) is 0 Å². The fraction of sp³-hybridized carbons (Fsp3) is 0.200. The van der Waals surface area contributed by atoms with Gasteiger partial charge in [-0.25, -0.2) is 4.98 Å². The number of rotatable bonds is 3. The lowest BCUT2D eigenvalue weighted by Gasteiger charge is -1.98. The highest BCUT2D eigenvalue weighted by Crippen LogP contribution is 2.09. The summed E-state index contributed by atoms with van der Waals surface area (Å²) in [7, 11) is 0. The molecule has 0 radical (unpaired) electrons. The predicted molar refractivity (Wildman–Crippen MR) is 51.8 cm³/mol. The van der Waals surface area contributed by atoms with E-state index in [-0.39, 0.29) is 6.42 Å². The molecule has 14 heavy (non-hydrogen) atoms. The van der Waals surface area contributed by atoms with Gasteiger partial charge in [0.15, 0.2) is 0 Å². The van der Waals surface area contributed by atoms with E-state index in [1.54, 1.807) is 19.1 Å². The van der Waals surface area contributed by atoms with E-state index in [9.17, 15) is 9.18 Å². The third-order valence-electron chi connectivity index (χ3n) is 1.73. The van der Waals surface area contributed by atoms with Crippen molar-refractivity contribution in [3.63, 3.8) is 0 Å². The summed E-state index contributed by atoms with van der Waals surface area (Å²) in [6.45, 7) is 1.77. The fourth-order valence-electron chi connectivity index (χ4n) is 1.01. The van der Waals surface area contributed by atoms with Crippen molar-refractivity contribution in [1.29, 1.82) is 0 Å². The normalized spacial score (nSPS) is 10.7. The molecule has 0 aliphatic heterocycles. The first-order valence-corrected chi connectivity index (χ1v) is 4.16. The molecular formula is C10H11FN2O. The molecule has 1 rings (SSSR count). The quantitative estimate of drug-likeness (QED) is 0.740. The number of primary amides is 1. The predicted octanol–water partition coefficient (Wildman–Crippen LogP) is 1.42. The minimum absolute atomic E-state index is 0.177. The zero-order chi connectivity index (χ0) is 10.6. The second kappa shape index (κ2) is 4.50. The van der Waals surface area contributed by atoms with Gasteiger partial charge in [0, 0.05) is 12.6 Å². The maximum atomic E-state index is 12.6. The number of carbonyl (C=O) groups excluding carboxylic acids is 1. The molecule has 2 N–H and O–H groups in total. The number of aromatic nitrogens is 1. The van der Waals surface area contributed by atoms with Crippen molar-refractivity contribution in [1.82, 2.24) is 4.98 Å². The van der Waals surface area contributed by atoms with Crippen LogP contribution in [-0.4, -0.2) is 10.9 Å². The second-order valence-electron chi connectivity index (χ2n) is 2.94. The maximum Gasteiger partial charge on any atom is 0.221 e. The third kappa shape index (κ3) is 2.97. The van der Waals surface area contributed by atoms with Crippen LogP contribution in [0.1, 0.15) is 17.5 Å². The first kappa shape index (κ1) is 10.4. The number of nitrogens with zero attached hydrogens (tertiary/aromatic N) is 1. The van der Waals surface area contributed by atoms with E-state index in [0.717, 1.165) is 11.1 Å². The van der Waals surface area contributed by atoms with E-state index < -0.39 is 11.9 Å². The highest BCUT2D eigenvalue weighted by Gasteiger charge is 1.97. The lowest BCUT2D eigenvalue weighted by atomic mass is 10.1. The van der Waals surface area contributed by atoms with Crippen LogP contribution in [0.25, 0.3) is 6.08 Å². The average molecular weight is 194 g/mol. The Balaban J connectivity index is 2.76. The van der Waals surface area contributed by atoms with Gasteiger partial charge in [-0.1, -0.05) is 12.2 Å². The second-order valence-corrected chi connectivity index (χ2v) is 2.94. The minimum atomic E-state index is -0.505. The van der Waals surface area contributed by atoms with E-state index >= 15 is 0 Å². The molecule has 1 heterocycles. The molecule has 4 heteroatoms. The van der Waals surface area contributed by atoms with Crippen molar-refractivity contribution in [2.24, 2.45) is 5.73 Å². The topological polar surface area (TPSA) is 56.0 Å². The van der Waals surface area contributed by atoms with Crippen LogP contribution < -0.4 is 5.73 Å². The summed E-state index contributed by atoms with van der Waals surface area (Å²) in [5.41, 5.74) is 6.51. The summed E-state index contributed by atoms with van der Waals surface area (Å²) in [5.74, 6) is -0.900. The van der Waals surface area contributed by atoms with Crippen LogP contribution in [0, 0.1) is 12.9 Å². The van der Waals surface area contributed by atoms with Gasteiger partial charge in [-0.3, -0.25) is 4.79 Å². The Hall–Kier alpha value is -1.71. The van der Waals surface area contributed by atoms with Crippen molar-refractivity contribution in [3.8, 4) is 0 Å².